The molecule has 0 aliphatic rings. The van der Waals surface area contributed by atoms with Crippen LogP contribution < -0.4 is 5.32 Å². The maximum absolute atomic E-state index is 5.26. The topological polar surface area (TPSA) is 21.3 Å². The van der Waals surface area contributed by atoms with E-state index in [0.29, 0.717) is 6.61 Å². The number of benzene rings is 2. The minimum atomic E-state index is 0.273. The number of rotatable bonds is 5. The van der Waals surface area contributed by atoms with Gasteiger partial charge in [0.05, 0.1) is 12.6 Å². The van der Waals surface area contributed by atoms with Gasteiger partial charge >= 0.3 is 0 Å². The molecule has 17 heavy (non-hydrogen) atoms. The SMILES string of the molecule is CCNC(COC)c1ccc2ccccc2c1. The molecule has 0 saturated carbocycles. The first kappa shape index (κ1) is 12.1. The molecule has 0 saturated heterocycles. The van der Waals surface area contributed by atoms with Gasteiger partial charge in [-0.05, 0) is 28.9 Å². The summed E-state index contributed by atoms with van der Waals surface area (Å²) in [6, 6.07) is 15.3. The molecule has 0 aromatic heterocycles. The predicted molar refractivity (Wildman–Crippen MR) is 72.2 cm³/mol. The highest BCUT2D eigenvalue weighted by Crippen LogP contribution is 2.20. The zero-order valence-corrected chi connectivity index (χ0v) is 10.4. The van der Waals surface area contributed by atoms with Gasteiger partial charge < -0.3 is 10.1 Å². The fraction of sp³-hybridized carbons (Fsp3) is 0.333. The molecule has 0 aliphatic carbocycles. The Balaban J connectivity index is 2.32. The summed E-state index contributed by atoms with van der Waals surface area (Å²) in [7, 11) is 1.74. The van der Waals surface area contributed by atoms with E-state index >= 15 is 0 Å². The van der Waals surface area contributed by atoms with Gasteiger partial charge in [0.25, 0.3) is 0 Å². The summed E-state index contributed by atoms with van der Waals surface area (Å²) in [6.45, 7) is 3.76. The van der Waals surface area contributed by atoms with Crippen molar-refractivity contribution in [3.8, 4) is 0 Å². The molecule has 0 radical (unpaired) electrons. The molecular formula is C15H19NO. The summed E-state index contributed by atoms with van der Waals surface area (Å²) in [5.41, 5.74) is 1.28. The van der Waals surface area contributed by atoms with E-state index < -0.39 is 0 Å². The Labute approximate surface area is 103 Å². The summed E-state index contributed by atoms with van der Waals surface area (Å²) in [5.74, 6) is 0. The molecular weight excluding hydrogens is 210 g/mol. The average molecular weight is 229 g/mol. The molecule has 0 heterocycles. The maximum atomic E-state index is 5.26. The second-order valence-electron chi connectivity index (χ2n) is 4.17. The third kappa shape index (κ3) is 2.84. The second kappa shape index (κ2) is 5.80. The summed E-state index contributed by atoms with van der Waals surface area (Å²) in [5, 5.41) is 6.00. The van der Waals surface area contributed by atoms with Gasteiger partial charge in [-0.1, -0.05) is 43.3 Å². The van der Waals surface area contributed by atoms with E-state index in [1.807, 2.05) is 0 Å². The van der Waals surface area contributed by atoms with Crippen LogP contribution in [0.5, 0.6) is 0 Å². The van der Waals surface area contributed by atoms with Crippen LogP contribution in [0.3, 0.4) is 0 Å². The van der Waals surface area contributed by atoms with Gasteiger partial charge in [-0.15, -0.1) is 0 Å². The van der Waals surface area contributed by atoms with Gasteiger partial charge in [0, 0.05) is 7.11 Å². The van der Waals surface area contributed by atoms with Gasteiger partial charge in [-0.25, -0.2) is 0 Å². The Bertz CT molecular complexity index is 475. The molecule has 0 amide bonds. The van der Waals surface area contributed by atoms with Crippen LogP contribution in [0.25, 0.3) is 10.8 Å². The molecule has 2 aromatic rings. The molecule has 1 unspecified atom stereocenters. The van der Waals surface area contributed by atoms with Gasteiger partial charge in [-0.3, -0.25) is 0 Å². The van der Waals surface area contributed by atoms with Gasteiger partial charge in [-0.2, -0.15) is 0 Å². The minimum absolute atomic E-state index is 0.273. The molecule has 0 fully saturated rings. The van der Waals surface area contributed by atoms with E-state index in [1.54, 1.807) is 7.11 Å². The molecule has 2 aromatic carbocycles. The summed E-state index contributed by atoms with van der Waals surface area (Å²) >= 11 is 0. The van der Waals surface area contributed by atoms with Crippen LogP contribution in [0.1, 0.15) is 18.5 Å². The number of hydrogen-bond acceptors (Lipinski definition) is 2. The van der Waals surface area contributed by atoms with Crippen molar-refractivity contribution in [2.75, 3.05) is 20.3 Å². The molecule has 2 nitrogen and oxygen atoms in total. The number of hydrogen-bond donors (Lipinski definition) is 1. The van der Waals surface area contributed by atoms with Crippen molar-refractivity contribution in [2.45, 2.75) is 13.0 Å². The fourth-order valence-corrected chi connectivity index (χ4v) is 2.11. The Morgan fingerprint density at radius 3 is 2.59 bits per heavy atom. The molecule has 0 aliphatic heterocycles. The molecule has 1 atom stereocenters. The summed E-state index contributed by atoms with van der Waals surface area (Å²) in [6.07, 6.45) is 0. The first-order valence-electron chi connectivity index (χ1n) is 6.06. The molecule has 1 N–H and O–H groups in total. The van der Waals surface area contributed by atoms with Crippen molar-refractivity contribution in [1.82, 2.24) is 5.32 Å². The number of methoxy groups -OCH3 is 1. The largest absolute Gasteiger partial charge is 0.383 e. The van der Waals surface area contributed by atoms with Crippen LogP contribution in [0.15, 0.2) is 42.5 Å². The number of fused-ring (bicyclic) bond motifs is 1. The van der Waals surface area contributed by atoms with E-state index in [0.717, 1.165) is 6.54 Å². The lowest BCUT2D eigenvalue weighted by atomic mass is 10.0. The zero-order chi connectivity index (χ0) is 12.1. The van der Waals surface area contributed by atoms with Gasteiger partial charge in [0.1, 0.15) is 0 Å². The zero-order valence-electron chi connectivity index (χ0n) is 10.4. The first-order chi connectivity index (χ1) is 8.35. The minimum Gasteiger partial charge on any atom is -0.383 e. The van der Waals surface area contributed by atoms with Crippen LogP contribution in [-0.2, 0) is 4.74 Å². The van der Waals surface area contributed by atoms with E-state index in [1.165, 1.54) is 16.3 Å². The van der Waals surface area contributed by atoms with Crippen molar-refractivity contribution in [3.63, 3.8) is 0 Å². The number of ether oxygens (including phenoxy) is 1. The van der Waals surface area contributed by atoms with Crippen molar-refractivity contribution in [1.29, 1.82) is 0 Å². The first-order valence-corrected chi connectivity index (χ1v) is 6.06. The predicted octanol–water partition coefficient (Wildman–Crippen LogP) is 3.14. The van der Waals surface area contributed by atoms with Crippen LogP contribution in [0.4, 0.5) is 0 Å². The standard InChI is InChI=1S/C15H19NO/c1-3-16-15(11-17-2)14-9-8-12-6-4-5-7-13(12)10-14/h4-10,15-16H,3,11H2,1-2H3. The molecule has 2 heteroatoms. The smallest absolute Gasteiger partial charge is 0.0657 e. The highest BCUT2D eigenvalue weighted by molar-refractivity contribution is 5.83. The summed E-state index contributed by atoms with van der Waals surface area (Å²) in [4.78, 5) is 0. The lowest BCUT2D eigenvalue weighted by Crippen LogP contribution is -2.24. The van der Waals surface area contributed by atoms with Crippen molar-refractivity contribution >= 4 is 10.8 Å². The fourth-order valence-electron chi connectivity index (χ4n) is 2.11. The monoisotopic (exact) mass is 229 g/mol. The van der Waals surface area contributed by atoms with Crippen LogP contribution in [0.2, 0.25) is 0 Å². The lowest BCUT2D eigenvalue weighted by molar-refractivity contribution is 0.168. The quantitative estimate of drug-likeness (QED) is 0.850. The molecule has 90 valence electrons. The van der Waals surface area contributed by atoms with E-state index in [9.17, 15) is 0 Å². The lowest BCUT2D eigenvalue weighted by Gasteiger charge is -2.17. The maximum Gasteiger partial charge on any atom is 0.0657 e. The second-order valence-corrected chi connectivity index (χ2v) is 4.17. The highest BCUT2D eigenvalue weighted by atomic mass is 16.5. The van der Waals surface area contributed by atoms with Crippen molar-refractivity contribution in [3.05, 3.63) is 48.0 Å². The third-order valence-electron chi connectivity index (χ3n) is 2.96. The van der Waals surface area contributed by atoms with Gasteiger partial charge in [0.2, 0.25) is 0 Å². The highest BCUT2D eigenvalue weighted by Gasteiger charge is 2.09. The van der Waals surface area contributed by atoms with E-state index in [4.69, 9.17) is 4.74 Å². The van der Waals surface area contributed by atoms with Crippen LogP contribution in [-0.4, -0.2) is 20.3 Å². The summed E-state index contributed by atoms with van der Waals surface area (Å²) < 4.78 is 5.26. The Kier molecular flexibility index (Phi) is 4.13. The van der Waals surface area contributed by atoms with E-state index in [2.05, 4.69) is 54.7 Å². The van der Waals surface area contributed by atoms with Crippen molar-refractivity contribution in [2.24, 2.45) is 0 Å². The molecule has 2 rings (SSSR count). The molecule has 0 bridgehead atoms. The van der Waals surface area contributed by atoms with Crippen molar-refractivity contribution < 1.29 is 4.74 Å². The normalized spacial score (nSPS) is 12.8. The Hall–Kier alpha value is -1.38. The van der Waals surface area contributed by atoms with E-state index in [-0.39, 0.29) is 6.04 Å². The third-order valence-corrected chi connectivity index (χ3v) is 2.96. The van der Waals surface area contributed by atoms with Gasteiger partial charge in [0.15, 0.2) is 0 Å². The average Bonchev–Trinajstić information content (AvgIpc) is 2.38. The Morgan fingerprint density at radius 2 is 1.88 bits per heavy atom. The number of nitrogens with one attached hydrogen (secondary N) is 1. The van der Waals surface area contributed by atoms with Crippen LogP contribution >= 0.6 is 0 Å². The number of likely N-dealkylation sites (N-methyl/N-ethyl adjacent to an activating group) is 1. The van der Waals surface area contributed by atoms with Crippen LogP contribution in [0, 0.1) is 0 Å². The Morgan fingerprint density at radius 1 is 1.12 bits per heavy atom. The molecule has 0 spiro atoms.